The Morgan fingerprint density at radius 3 is 2.38 bits per heavy atom. The minimum atomic E-state index is -5.08. The number of hydrogen-bond acceptors (Lipinski definition) is 5. The van der Waals surface area contributed by atoms with Gasteiger partial charge in [0.05, 0.1) is 17.1 Å². The fourth-order valence-corrected chi connectivity index (χ4v) is 5.35. The van der Waals surface area contributed by atoms with E-state index in [1.54, 1.807) is 0 Å². The molecule has 11 heteroatoms. The van der Waals surface area contributed by atoms with E-state index >= 15 is 0 Å². The first-order valence-electron chi connectivity index (χ1n) is 13.0. The van der Waals surface area contributed by atoms with Crippen LogP contribution in [0.3, 0.4) is 0 Å². The molecular formula is C28H29F3N4O4. The number of aliphatic carboxylic acids is 1. The number of piperidine rings is 1. The highest BCUT2D eigenvalue weighted by atomic mass is 19.4. The Labute approximate surface area is 222 Å². The van der Waals surface area contributed by atoms with Crippen molar-refractivity contribution in [2.45, 2.75) is 50.6 Å². The first-order valence-corrected chi connectivity index (χ1v) is 13.0. The van der Waals surface area contributed by atoms with Crippen LogP contribution >= 0.6 is 0 Å². The molecule has 0 spiro atoms. The molecule has 2 fully saturated rings. The molecule has 2 aliphatic rings. The Kier molecular flexibility index (Phi) is 7.72. The number of alkyl halides is 3. The topological polar surface area (TPSA) is 98.4 Å². The van der Waals surface area contributed by atoms with Crippen LogP contribution in [0.4, 0.5) is 13.2 Å². The number of nitrogens with zero attached hydrogens (tertiary/aromatic N) is 3. The van der Waals surface area contributed by atoms with Gasteiger partial charge in [-0.2, -0.15) is 13.2 Å². The van der Waals surface area contributed by atoms with Gasteiger partial charge < -0.3 is 24.3 Å². The molecular weight excluding hydrogens is 513 g/mol. The number of para-hydroxylation sites is 3. The first-order chi connectivity index (χ1) is 18.7. The molecule has 4 aromatic rings. The van der Waals surface area contributed by atoms with Crippen molar-refractivity contribution < 1.29 is 27.8 Å². The number of rotatable bonds is 4. The third-order valence-electron chi connectivity index (χ3n) is 7.18. The van der Waals surface area contributed by atoms with Crippen LogP contribution in [-0.2, 0) is 16.1 Å². The van der Waals surface area contributed by atoms with Gasteiger partial charge in [0.1, 0.15) is 5.69 Å². The molecule has 4 heterocycles. The highest BCUT2D eigenvalue weighted by Crippen LogP contribution is 2.31. The van der Waals surface area contributed by atoms with Crippen LogP contribution in [0.15, 0.2) is 59.5 Å². The zero-order valence-corrected chi connectivity index (χ0v) is 21.2. The Morgan fingerprint density at radius 1 is 1.05 bits per heavy atom. The lowest BCUT2D eigenvalue weighted by Gasteiger charge is -2.26. The molecule has 0 amide bonds. The lowest BCUT2D eigenvalue weighted by Crippen LogP contribution is -2.35. The highest BCUT2D eigenvalue weighted by molar-refractivity contribution is 5.96. The fraction of sp³-hybridized carbons (Fsp3) is 0.393. The van der Waals surface area contributed by atoms with Crippen molar-refractivity contribution >= 4 is 27.9 Å². The maximum Gasteiger partial charge on any atom is 0.490 e. The van der Waals surface area contributed by atoms with Gasteiger partial charge in [-0.1, -0.05) is 30.3 Å². The van der Waals surface area contributed by atoms with Crippen LogP contribution in [0.1, 0.15) is 31.7 Å². The summed E-state index contributed by atoms with van der Waals surface area (Å²) in [6.45, 7) is 3.51. The van der Waals surface area contributed by atoms with E-state index in [2.05, 4.69) is 34.3 Å². The molecule has 1 atom stereocenters. The lowest BCUT2D eigenvalue weighted by molar-refractivity contribution is -0.192. The van der Waals surface area contributed by atoms with E-state index in [1.165, 1.54) is 0 Å². The first kappa shape index (κ1) is 26.9. The number of halogens is 3. The number of ether oxygens (including phenoxy) is 1. The zero-order valence-electron chi connectivity index (χ0n) is 21.2. The number of fused-ring (bicyclic) bond motifs is 2. The third kappa shape index (κ3) is 5.69. The minimum Gasteiger partial charge on any atom is -0.475 e. The van der Waals surface area contributed by atoms with Gasteiger partial charge >= 0.3 is 12.1 Å². The van der Waals surface area contributed by atoms with Gasteiger partial charge in [0.25, 0.3) is 5.56 Å². The van der Waals surface area contributed by atoms with Crippen LogP contribution in [0.5, 0.6) is 0 Å². The van der Waals surface area contributed by atoms with E-state index in [0.29, 0.717) is 5.69 Å². The molecule has 6 rings (SSSR count). The van der Waals surface area contributed by atoms with Gasteiger partial charge in [-0.15, -0.1) is 0 Å². The molecule has 2 aromatic carbocycles. The van der Waals surface area contributed by atoms with E-state index in [4.69, 9.17) is 19.6 Å². The van der Waals surface area contributed by atoms with Gasteiger partial charge in [0, 0.05) is 41.9 Å². The second kappa shape index (κ2) is 11.2. The average Bonchev–Trinajstić information content (AvgIpc) is 3.57. The summed E-state index contributed by atoms with van der Waals surface area (Å²) in [6.07, 6.45) is 1.36. The van der Waals surface area contributed by atoms with Crippen LogP contribution < -0.4 is 10.9 Å². The fourth-order valence-electron chi connectivity index (χ4n) is 5.35. The van der Waals surface area contributed by atoms with E-state index in [-0.39, 0.29) is 17.7 Å². The van der Waals surface area contributed by atoms with E-state index in [0.717, 1.165) is 79.4 Å². The predicted octanol–water partition coefficient (Wildman–Crippen LogP) is 4.76. The smallest absolute Gasteiger partial charge is 0.475 e. The number of carbonyl (C=O) groups is 1. The molecule has 2 saturated heterocycles. The predicted molar refractivity (Wildman–Crippen MR) is 141 cm³/mol. The van der Waals surface area contributed by atoms with Crippen molar-refractivity contribution in [3.63, 3.8) is 0 Å². The zero-order chi connectivity index (χ0) is 27.6. The molecule has 0 saturated carbocycles. The van der Waals surface area contributed by atoms with E-state index < -0.39 is 12.1 Å². The summed E-state index contributed by atoms with van der Waals surface area (Å²) in [4.78, 5) is 27.7. The van der Waals surface area contributed by atoms with Gasteiger partial charge in [-0.25, -0.2) is 9.78 Å². The van der Waals surface area contributed by atoms with Crippen LogP contribution in [-0.4, -0.2) is 57.2 Å². The van der Waals surface area contributed by atoms with Crippen LogP contribution in [0.2, 0.25) is 0 Å². The molecule has 0 bridgehead atoms. The van der Waals surface area contributed by atoms with E-state index in [1.807, 2.05) is 34.9 Å². The Morgan fingerprint density at radius 2 is 1.72 bits per heavy atom. The molecule has 0 aliphatic carbocycles. The van der Waals surface area contributed by atoms with Crippen molar-refractivity contribution in [2.24, 2.45) is 0 Å². The summed E-state index contributed by atoms with van der Waals surface area (Å²) in [7, 11) is 0. The van der Waals surface area contributed by atoms with Crippen molar-refractivity contribution in [1.29, 1.82) is 0 Å². The normalized spacial score (nSPS) is 18.3. The average molecular weight is 543 g/mol. The molecule has 2 aromatic heterocycles. The molecule has 39 heavy (non-hydrogen) atoms. The maximum atomic E-state index is 13.9. The molecule has 1 unspecified atom stereocenters. The summed E-state index contributed by atoms with van der Waals surface area (Å²) < 4.78 is 41.9. The molecule has 2 N–H and O–H groups in total. The Bertz CT molecular complexity index is 1530. The SMILES string of the molecule is O=C(O)C(F)(F)F.O=c1c(-c2cn(CC3CCCO3)c3ccccc23)nc2ccccc2n1C1CCNCC1. The summed E-state index contributed by atoms with van der Waals surface area (Å²) in [5.41, 5.74) is 4.39. The number of aromatic nitrogens is 3. The van der Waals surface area contributed by atoms with Crippen LogP contribution in [0.25, 0.3) is 33.2 Å². The molecule has 2 aliphatic heterocycles. The van der Waals surface area contributed by atoms with Crippen molar-refractivity contribution in [2.75, 3.05) is 19.7 Å². The number of nitrogens with one attached hydrogen (secondary N) is 1. The number of benzene rings is 2. The van der Waals surface area contributed by atoms with Gasteiger partial charge in [0.2, 0.25) is 0 Å². The second-order valence-corrected chi connectivity index (χ2v) is 9.76. The number of carboxylic acid groups (broad SMARTS) is 1. The van der Waals surface area contributed by atoms with Crippen molar-refractivity contribution in [3.05, 3.63) is 65.1 Å². The van der Waals surface area contributed by atoms with Crippen LogP contribution in [0, 0.1) is 0 Å². The molecule has 0 radical (unpaired) electrons. The second-order valence-electron chi connectivity index (χ2n) is 9.76. The lowest BCUT2D eigenvalue weighted by atomic mass is 10.0. The summed E-state index contributed by atoms with van der Waals surface area (Å²) in [6, 6.07) is 16.5. The summed E-state index contributed by atoms with van der Waals surface area (Å²) >= 11 is 0. The minimum absolute atomic E-state index is 0.00983. The quantitative estimate of drug-likeness (QED) is 0.386. The molecule has 8 nitrogen and oxygen atoms in total. The standard InChI is InChI=1S/C26H28N4O2.C2HF3O2/c31-26-25(28-22-8-2-4-10-24(22)30(26)18-11-13-27-14-12-18)21-17-29(16-19-6-5-15-32-19)23-9-3-1-7-20(21)23;3-2(4,5)1(6)7/h1-4,7-10,17-19,27H,5-6,11-16H2;(H,6,7). The van der Waals surface area contributed by atoms with Crippen molar-refractivity contribution in [1.82, 2.24) is 19.4 Å². The maximum absolute atomic E-state index is 13.9. The highest BCUT2D eigenvalue weighted by Gasteiger charge is 2.38. The van der Waals surface area contributed by atoms with Gasteiger partial charge in [-0.05, 0) is 57.0 Å². The Balaban J connectivity index is 0.000000392. The number of hydrogen-bond donors (Lipinski definition) is 2. The van der Waals surface area contributed by atoms with Gasteiger partial charge in [-0.3, -0.25) is 4.79 Å². The van der Waals surface area contributed by atoms with Crippen molar-refractivity contribution in [3.8, 4) is 11.3 Å². The summed E-state index contributed by atoms with van der Waals surface area (Å²) in [5.74, 6) is -2.76. The van der Waals surface area contributed by atoms with Gasteiger partial charge in [0.15, 0.2) is 0 Å². The monoisotopic (exact) mass is 542 g/mol. The Hall–Kier alpha value is -3.70. The third-order valence-corrected chi connectivity index (χ3v) is 7.18. The largest absolute Gasteiger partial charge is 0.490 e. The molecule has 206 valence electrons. The van der Waals surface area contributed by atoms with E-state index in [9.17, 15) is 18.0 Å². The summed E-state index contributed by atoms with van der Waals surface area (Å²) in [5, 5.41) is 11.6. The number of carboxylic acids is 1.